The van der Waals surface area contributed by atoms with Crippen LogP contribution in [0.1, 0.15) is 233 Å². The van der Waals surface area contributed by atoms with E-state index in [1.165, 1.54) is 135 Å². The maximum atomic E-state index is 12.6. The fraction of sp³-hybridized carbons (Fsp3) is 0.741. The molecule has 0 fully saturated rings. The summed E-state index contributed by atoms with van der Waals surface area (Å²) in [5.74, 6) is -0.891. The summed E-state index contributed by atoms with van der Waals surface area (Å²) >= 11 is 0. The largest absolute Gasteiger partial charge is 0.472 e. The third-order valence-electron chi connectivity index (χ3n) is 10.8. The van der Waals surface area contributed by atoms with E-state index in [-0.39, 0.29) is 32.0 Å². The predicted molar refractivity (Wildman–Crippen MR) is 267 cm³/mol. The van der Waals surface area contributed by atoms with Crippen LogP contribution in [0, 0.1) is 0 Å². The van der Waals surface area contributed by atoms with Crippen LogP contribution in [-0.4, -0.2) is 42.8 Å². The Balaban J connectivity index is 4.04. The van der Waals surface area contributed by atoms with Crippen LogP contribution in [0.5, 0.6) is 0 Å². The molecule has 0 rings (SSSR count). The minimum absolute atomic E-state index is 0.0151. The zero-order valence-corrected chi connectivity index (χ0v) is 41.6. The van der Waals surface area contributed by atoms with Crippen molar-refractivity contribution in [3.8, 4) is 0 Å². The highest BCUT2D eigenvalue weighted by atomic mass is 31.2. The Hall–Kier alpha value is -2.51. The maximum Gasteiger partial charge on any atom is 0.472 e. The van der Waals surface area contributed by atoms with Gasteiger partial charge in [-0.2, -0.15) is 0 Å². The average Bonchev–Trinajstić information content (AvgIpc) is 3.26. The van der Waals surface area contributed by atoms with Crippen LogP contribution in [0.25, 0.3) is 0 Å². The summed E-state index contributed by atoms with van der Waals surface area (Å²) in [6.07, 6.45) is 62.8. The molecule has 63 heavy (non-hydrogen) atoms. The number of ether oxygens (including phenoxy) is 2. The van der Waals surface area contributed by atoms with Gasteiger partial charge in [-0.15, -0.1) is 0 Å². The molecule has 0 aromatic heterocycles. The van der Waals surface area contributed by atoms with E-state index in [1.807, 2.05) is 12.2 Å². The summed E-state index contributed by atoms with van der Waals surface area (Å²) in [6, 6.07) is 0. The maximum absolute atomic E-state index is 12.6. The third-order valence-corrected chi connectivity index (χ3v) is 11.9. The Morgan fingerprint density at radius 3 is 1.19 bits per heavy atom. The molecule has 0 amide bonds. The van der Waals surface area contributed by atoms with Gasteiger partial charge in [0.1, 0.15) is 6.61 Å². The number of carbonyl (C=O) groups is 2. The Morgan fingerprint density at radius 2 is 0.810 bits per heavy atom. The van der Waals surface area contributed by atoms with Gasteiger partial charge < -0.3 is 14.4 Å². The molecule has 0 heterocycles. The summed E-state index contributed by atoms with van der Waals surface area (Å²) in [6.45, 7) is 5.31. The highest BCUT2D eigenvalue weighted by Crippen LogP contribution is 2.43. The van der Waals surface area contributed by atoms with E-state index in [0.29, 0.717) is 6.42 Å². The summed E-state index contributed by atoms with van der Waals surface area (Å²) in [5.41, 5.74) is 0. The van der Waals surface area contributed by atoms with Gasteiger partial charge in [0.25, 0.3) is 0 Å². The van der Waals surface area contributed by atoms with Crippen LogP contribution in [0.4, 0.5) is 0 Å². The van der Waals surface area contributed by atoms with Crippen molar-refractivity contribution in [1.82, 2.24) is 0 Å². The van der Waals surface area contributed by atoms with E-state index in [0.717, 1.165) is 57.8 Å². The highest BCUT2D eigenvalue weighted by Gasteiger charge is 2.25. The van der Waals surface area contributed by atoms with Crippen molar-refractivity contribution in [2.24, 2.45) is 0 Å². The molecule has 0 aliphatic carbocycles. The molecule has 0 aliphatic rings. The van der Waals surface area contributed by atoms with Crippen LogP contribution in [0.2, 0.25) is 0 Å². The minimum Gasteiger partial charge on any atom is -0.462 e. The van der Waals surface area contributed by atoms with Gasteiger partial charge in [0, 0.05) is 12.8 Å². The standard InChI is InChI=1S/C54H95O8P/c1-4-7-9-11-13-15-17-19-21-23-25-26-27-28-29-31-32-34-36-38-40-42-44-46-48-53(55)59-50-52(51-61-63(57,58)60-6-3)62-54(56)49-47-45-43-41-39-37-35-33-30-24-22-20-18-16-14-12-10-8-5-2/h8,10,14,16,20,22,30,33,37,39,43,45,52H,4-7,9,11-13,15,17-19,21,23-29,31-32,34-36,38,40-42,44,46-51H2,1-3H3,(H,57,58)/b10-8-,16-14-,22-20-,33-30-,39-37-,45-43-. The molecule has 0 bridgehead atoms. The molecule has 0 spiro atoms. The predicted octanol–water partition coefficient (Wildman–Crippen LogP) is 16.8. The van der Waals surface area contributed by atoms with Crippen molar-refractivity contribution in [2.45, 2.75) is 239 Å². The average molecular weight is 903 g/mol. The van der Waals surface area contributed by atoms with Gasteiger partial charge in [0.2, 0.25) is 0 Å². The zero-order valence-electron chi connectivity index (χ0n) is 40.7. The molecule has 0 saturated heterocycles. The van der Waals surface area contributed by atoms with E-state index in [9.17, 15) is 19.0 Å². The minimum atomic E-state index is -4.31. The van der Waals surface area contributed by atoms with Gasteiger partial charge in [-0.1, -0.05) is 234 Å². The molecule has 0 saturated carbocycles. The van der Waals surface area contributed by atoms with Crippen LogP contribution in [-0.2, 0) is 32.7 Å². The monoisotopic (exact) mass is 903 g/mol. The van der Waals surface area contributed by atoms with E-state index in [1.54, 1.807) is 6.92 Å². The number of carbonyl (C=O) groups excluding carboxylic acids is 2. The van der Waals surface area contributed by atoms with Gasteiger partial charge in [0.15, 0.2) is 6.10 Å². The molecule has 0 aromatic rings. The lowest BCUT2D eigenvalue weighted by molar-refractivity contribution is -0.161. The first-order valence-corrected chi connectivity index (χ1v) is 27.2. The molecule has 2 atom stereocenters. The van der Waals surface area contributed by atoms with E-state index in [4.69, 9.17) is 18.5 Å². The van der Waals surface area contributed by atoms with Crippen molar-refractivity contribution in [3.05, 3.63) is 72.9 Å². The lowest BCUT2D eigenvalue weighted by Crippen LogP contribution is -2.29. The van der Waals surface area contributed by atoms with Gasteiger partial charge in [-0.25, -0.2) is 4.57 Å². The third kappa shape index (κ3) is 48.8. The Kier molecular flexibility index (Phi) is 47.0. The number of hydrogen-bond donors (Lipinski definition) is 1. The van der Waals surface area contributed by atoms with Crippen molar-refractivity contribution >= 4 is 19.8 Å². The molecule has 0 aliphatic heterocycles. The van der Waals surface area contributed by atoms with E-state index >= 15 is 0 Å². The second-order valence-electron chi connectivity index (χ2n) is 16.8. The molecule has 8 nitrogen and oxygen atoms in total. The van der Waals surface area contributed by atoms with Crippen LogP contribution in [0.3, 0.4) is 0 Å². The first-order chi connectivity index (χ1) is 30.8. The molecule has 9 heteroatoms. The van der Waals surface area contributed by atoms with Crippen molar-refractivity contribution < 1.29 is 37.6 Å². The molecule has 0 radical (unpaired) electrons. The number of phosphoric acid groups is 1. The normalized spacial score (nSPS) is 13.8. The number of allylic oxidation sites excluding steroid dienone is 12. The van der Waals surface area contributed by atoms with Crippen molar-refractivity contribution in [3.63, 3.8) is 0 Å². The van der Waals surface area contributed by atoms with Gasteiger partial charge in [-0.3, -0.25) is 18.6 Å². The number of hydrogen-bond acceptors (Lipinski definition) is 7. The van der Waals surface area contributed by atoms with Crippen LogP contribution in [0.15, 0.2) is 72.9 Å². The van der Waals surface area contributed by atoms with E-state index in [2.05, 4.69) is 74.6 Å². The Bertz CT molecular complexity index is 1250. The van der Waals surface area contributed by atoms with Gasteiger partial charge in [0.05, 0.1) is 13.2 Å². The number of esters is 2. The Morgan fingerprint density at radius 1 is 0.444 bits per heavy atom. The summed E-state index contributed by atoms with van der Waals surface area (Å²) in [7, 11) is -4.31. The molecular formula is C54H95O8P. The lowest BCUT2D eigenvalue weighted by Gasteiger charge is -2.19. The van der Waals surface area contributed by atoms with Crippen molar-refractivity contribution in [1.29, 1.82) is 0 Å². The second-order valence-corrected chi connectivity index (χ2v) is 18.3. The highest BCUT2D eigenvalue weighted by molar-refractivity contribution is 7.47. The molecular weight excluding hydrogens is 808 g/mol. The summed E-state index contributed by atoms with van der Waals surface area (Å²) in [4.78, 5) is 34.9. The fourth-order valence-corrected chi connectivity index (χ4v) is 7.82. The number of phosphoric ester groups is 1. The van der Waals surface area contributed by atoms with Crippen LogP contribution < -0.4 is 0 Å². The fourth-order valence-electron chi connectivity index (χ4n) is 7.07. The smallest absolute Gasteiger partial charge is 0.462 e. The molecule has 0 aromatic carbocycles. The quantitative estimate of drug-likeness (QED) is 0.0278. The van der Waals surface area contributed by atoms with Crippen LogP contribution >= 0.6 is 7.82 Å². The lowest BCUT2D eigenvalue weighted by atomic mass is 10.0. The summed E-state index contributed by atoms with van der Waals surface area (Å²) in [5, 5.41) is 0. The number of rotatable bonds is 47. The second kappa shape index (κ2) is 48.9. The van der Waals surface area contributed by atoms with Gasteiger partial charge in [-0.05, 0) is 58.3 Å². The first kappa shape index (κ1) is 60.5. The van der Waals surface area contributed by atoms with E-state index < -0.39 is 26.5 Å². The Labute approximate surface area is 387 Å². The topological polar surface area (TPSA) is 108 Å². The molecule has 1 N–H and O–H groups in total. The summed E-state index contributed by atoms with van der Waals surface area (Å²) < 4.78 is 32.7. The first-order valence-electron chi connectivity index (χ1n) is 25.7. The zero-order chi connectivity index (χ0) is 46.0. The van der Waals surface area contributed by atoms with Crippen molar-refractivity contribution in [2.75, 3.05) is 19.8 Å². The SMILES string of the molecule is CC/C=C\C/C=C\C/C=C\C/C=C\C/C=C\C/C=C\CCC(=O)OC(COC(=O)CCCCCCCCCCCCCCCCCCCCCCCCCC)COP(=O)(O)OCC. The molecule has 364 valence electrons. The van der Waals surface area contributed by atoms with Gasteiger partial charge >= 0.3 is 19.8 Å². The molecule has 2 unspecified atom stereocenters. The number of unbranched alkanes of at least 4 members (excludes halogenated alkanes) is 23.